The van der Waals surface area contributed by atoms with Crippen molar-refractivity contribution in [2.24, 2.45) is 0 Å². The molecule has 21 heavy (non-hydrogen) atoms. The molecular weight excluding hydrogens is 324 g/mol. The van der Waals surface area contributed by atoms with Crippen molar-refractivity contribution in [3.05, 3.63) is 33.9 Å². The van der Waals surface area contributed by atoms with E-state index in [1.54, 1.807) is 11.1 Å². The summed E-state index contributed by atoms with van der Waals surface area (Å²) in [6, 6.07) is 4.69. The SMILES string of the molecule is CCCN(CCC)n1ccc2c3c(cc(Br)c21)CCCC3. The first-order chi connectivity index (χ1) is 10.3. The van der Waals surface area contributed by atoms with Gasteiger partial charge in [0.15, 0.2) is 0 Å². The van der Waals surface area contributed by atoms with Crippen molar-refractivity contribution < 1.29 is 0 Å². The van der Waals surface area contributed by atoms with E-state index in [1.807, 2.05) is 0 Å². The highest BCUT2D eigenvalue weighted by molar-refractivity contribution is 9.10. The summed E-state index contributed by atoms with van der Waals surface area (Å²) in [6.45, 7) is 6.73. The fraction of sp³-hybridized carbons (Fsp3) is 0.556. The second-order valence-electron chi connectivity index (χ2n) is 6.08. The highest BCUT2D eigenvalue weighted by Crippen LogP contribution is 2.35. The molecule has 0 aliphatic heterocycles. The molecule has 0 radical (unpaired) electrons. The zero-order valence-corrected chi connectivity index (χ0v) is 14.7. The van der Waals surface area contributed by atoms with E-state index in [1.165, 1.54) is 53.9 Å². The third kappa shape index (κ3) is 2.73. The van der Waals surface area contributed by atoms with Crippen LogP contribution in [0.25, 0.3) is 10.9 Å². The lowest BCUT2D eigenvalue weighted by atomic mass is 9.89. The molecule has 0 N–H and O–H groups in total. The molecule has 2 nitrogen and oxygen atoms in total. The standard InChI is InChI=1S/C18H25BrN2/c1-3-10-20(11-4-2)21-12-9-16-15-8-6-5-7-14(15)13-17(19)18(16)21/h9,12-13H,3-8,10-11H2,1-2H3. The molecule has 0 atom stereocenters. The zero-order valence-electron chi connectivity index (χ0n) is 13.2. The van der Waals surface area contributed by atoms with Gasteiger partial charge in [-0.25, -0.2) is 0 Å². The molecular formula is C18H25BrN2. The first-order valence-electron chi connectivity index (χ1n) is 8.32. The average molecular weight is 349 g/mol. The van der Waals surface area contributed by atoms with Crippen LogP contribution in [-0.4, -0.2) is 17.8 Å². The summed E-state index contributed by atoms with van der Waals surface area (Å²) in [4.78, 5) is 0. The van der Waals surface area contributed by atoms with Crippen molar-refractivity contribution in [1.82, 2.24) is 4.68 Å². The number of fused-ring (bicyclic) bond motifs is 3. The van der Waals surface area contributed by atoms with Gasteiger partial charge in [-0.2, -0.15) is 0 Å². The van der Waals surface area contributed by atoms with Crippen LogP contribution in [0.3, 0.4) is 0 Å². The third-order valence-corrected chi connectivity index (χ3v) is 5.10. The molecule has 0 unspecified atom stereocenters. The maximum absolute atomic E-state index is 3.83. The minimum absolute atomic E-state index is 1.11. The summed E-state index contributed by atoms with van der Waals surface area (Å²) in [5.74, 6) is 0. The van der Waals surface area contributed by atoms with Crippen molar-refractivity contribution in [2.45, 2.75) is 52.4 Å². The van der Waals surface area contributed by atoms with Gasteiger partial charge >= 0.3 is 0 Å². The summed E-state index contributed by atoms with van der Waals surface area (Å²) in [7, 11) is 0. The Bertz CT molecular complexity index is 624. The minimum Gasteiger partial charge on any atom is -0.313 e. The van der Waals surface area contributed by atoms with E-state index in [0.717, 1.165) is 13.1 Å². The molecule has 1 heterocycles. The van der Waals surface area contributed by atoms with Crippen LogP contribution in [0.1, 0.15) is 50.7 Å². The Morgan fingerprint density at radius 2 is 1.86 bits per heavy atom. The van der Waals surface area contributed by atoms with Crippen molar-refractivity contribution in [3.63, 3.8) is 0 Å². The maximum Gasteiger partial charge on any atom is 0.0839 e. The Labute approximate surface area is 136 Å². The van der Waals surface area contributed by atoms with E-state index in [0.29, 0.717) is 0 Å². The van der Waals surface area contributed by atoms with Crippen LogP contribution < -0.4 is 5.01 Å². The molecule has 2 aromatic rings. The van der Waals surface area contributed by atoms with Gasteiger partial charge in [0, 0.05) is 29.1 Å². The van der Waals surface area contributed by atoms with Gasteiger partial charge in [-0.15, -0.1) is 0 Å². The van der Waals surface area contributed by atoms with E-state index in [2.05, 4.69) is 57.8 Å². The molecule has 0 saturated heterocycles. The quantitative estimate of drug-likeness (QED) is 0.734. The van der Waals surface area contributed by atoms with Crippen LogP contribution in [0.15, 0.2) is 22.8 Å². The molecule has 0 saturated carbocycles. The summed E-state index contributed by atoms with van der Waals surface area (Å²) in [5.41, 5.74) is 4.50. The van der Waals surface area contributed by atoms with E-state index in [9.17, 15) is 0 Å². The summed E-state index contributed by atoms with van der Waals surface area (Å²) in [5, 5.41) is 3.93. The van der Waals surface area contributed by atoms with Crippen LogP contribution in [0, 0.1) is 0 Å². The second-order valence-corrected chi connectivity index (χ2v) is 6.93. The zero-order chi connectivity index (χ0) is 14.8. The lowest BCUT2D eigenvalue weighted by Gasteiger charge is -2.27. The van der Waals surface area contributed by atoms with Crippen LogP contribution in [0.2, 0.25) is 0 Å². The van der Waals surface area contributed by atoms with Gasteiger partial charge in [0.25, 0.3) is 0 Å². The Morgan fingerprint density at radius 3 is 2.57 bits per heavy atom. The normalized spacial score (nSPS) is 14.4. The van der Waals surface area contributed by atoms with Crippen LogP contribution in [-0.2, 0) is 12.8 Å². The number of aryl methyl sites for hydroxylation is 2. The molecule has 1 aromatic carbocycles. The van der Waals surface area contributed by atoms with Crippen molar-refractivity contribution >= 4 is 26.8 Å². The van der Waals surface area contributed by atoms with E-state index in [-0.39, 0.29) is 0 Å². The Morgan fingerprint density at radius 1 is 1.14 bits per heavy atom. The predicted octanol–water partition coefficient (Wildman–Crippen LogP) is 5.04. The number of hydrogen-bond acceptors (Lipinski definition) is 1. The number of nitrogens with zero attached hydrogens (tertiary/aromatic N) is 2. The minimum atomic E-state index is 1.11. The molecule has 1 aromatic heterocycles. The fourth-order valence-electron chi connectivity index (χ4n) is 3.60. The topological polar surface area (TPSA) is 8.17 Å². The molecule has 0 spiro atoms. The number of aromatic nitrogens is 1. The molecule has 0 amide bonds. The van der Waals surface area contributed by atoms with Crippen molar-refractivity contribution in [2.75, 3.05) is 18.1 Å². The lowest BCUT2D eigenvalue weighted by Crippen LogP contribution is -2.35. The Hall–Kier alpha value is -0.960. The molecule has 1 aliphatic rings. The molecule has 0 bridgehead atoms. The number of halogens is 1. The van der Waals surface area contributed by atoms with E-state index >= 15 is 0 Å². The Kier molecular flexibility index (Phi) is 4.58. The van der Waals surface area contributed by atoms with Gasteiger partial charge in [-0.1, -0.05) is 13.8 Å². The van der Waals surface area contributed by atoms with Gasteiger partial charge in [-0.3, -0.25) is 4.68 Å². The summed E-state index contributed by atoms with van der Waals surface area (Å²) < 4.78 is 3.63. The van der Waals surface area contributed by atoms with Crippen molar-refractivity contribution in [1.29, 1.82) is 0 Å². The maximum atomic E-state index is 3.83. The molecule has 1 aliphatic carbocycles. The lowest BCUT2D eigenvalue weighted by molar-refractivity contribution is 0.583. The second kappa shape index (κ2) is 6.43. The smallest absolute Gasteiger partial charge is 0.0839 e. The van der Waals surface area contributed by atoms with Crippen LogP contribution >= 0.6 is 15.9 Å². The number of hydrogen-bond donors (Lipinski definition) is 0. The molecule has 0 fully saturated rings. The van der Waals surface area contributed by atoms with Gasteiger partial charge in [-0.05, 0) is 77.7 Å². The Balaban J connectivity index is 2.12. The molecule has 3 rings (SSSR count). The first kappa shape index (κ1) is 15.0. The van der Waals surface area contributed by atoms with Gasteiger partial charge in [0.05, 0.1) is 5.52 Å². The number of benzene rings is 1. The van der Waals surface area contributed by atoms with E-state index < -0.39 is 0 Å². The third-order valence-electron chi connectivity index (χ3n) is 4.50. The summed E-state index contributed by atoms with van der Waals surface area (Å²) in [6.07, 6.45) is 9.78. The van der Waals surface area contributed by atoms with E-state index in [4.69, 9.17) is 0 Å². The summed E-state index contributed by atoms with van der Waals surface area (Å²) >= 11 is 3.83. The fourth-order valence-corrected chi connectivity index (χ4v) is 4.27. The van der Waals surface area contributed by atoms with Crippen molar-refractivity contribution in [3.8, 4) is 0 Å². The predicted molar refractivity (Wildman–Crippen MR) is 94.8 cm³/mol. The van der Waals surface area contributed by atoms with Gasteiger partial charge < -0.3 is 5.01 Å². The van der Waals surface area contributed by atoms with Crippen LogP contribution in [0.4, 0.5) is 0 Å². The van der Waals surface area contributed by atoms with Gasteiger partial charge in [0.1, 0.15) is 0 Å². The highest BCUT2D eigenvalue weighted by Gasteiger charge is 2.18. The largest absolute Gasteiger partial charge is 0.313 e. The highest BCUT2D eigenvalue weighted by atomic mass is 79.9. The molecule has 114 valence electrons. The van der Waals surface area contributed by atoms with Gasteiger partial charge in [0.2, 0.25) is 0 Å². The first-order valence-corrected chi connectivity index (χ1v) is 9.12. The molecule has 3 heteroatoms. The monoisotopic (exact) mass is 348 g/mol. The number of rotatable bonds is 5. The average Bonchev–Trinajstić information content (AvgIpc) is 2.93. The van der Waals surface area contributed by atoms with Crippen LogP contribution in [0.5, 0.6) is 0 Å².